The molecule has 0 heterocycles. The van der Waals surface area contributed by atoms with Crippen LogP contribution in [0.2, 0.25) is 0 Å². The highest BCUT2D eigenvalue weighted by molar-refractivity contribution is 4.82. The Hall–Kier alpha value is -0.300. The molecule has 70 valence electrons. The van der Waals surface area contributed by atoms with Crippen LogP contribution in [0.1, 0.15) is 39.0 Å². The van der Waals surface area contributed by atoms with Crippen molar-refractivity contribution in [2.45, 2.75) is 45.1 Å². The lowest BCUT2D eigenvalue weighted by Gasteiger charge is -2.19. The maximum atomic E-state index is 9.80. The van der Waals surface area contributed by atoms with Gasteiger partial charge in [0, 0.05) is 0 Å². The molecule has 1 rings (SSSR count). The van der Waals surface area contributed by atoms with Crippen molar-refractivity contribution < 1.29 is 5.11 Å². The van der Waals surface area contributed by atoms with Crippen molar-refractivity contribution in [2.24, 2.45) is 11.8 Å². The van der Waals surface area contributed by atoms with Crippen molar-refractivity contribution in [3.63, 3.8) is 0 Å². The number of aliphatic hydroxyl groups excluding tert-OH is 1. The van der Waals surface area contributed by atoms with E-state index in [1.807, 2.05) is 6.08 Å². The lowest BCUT2D eigenvalue weighted by molar-refractivity contribution is 0.0927. The normalized spacial score (nSPS) is 23.8. The zero-order valence-corrected chi connectivity index (χ0v) is 8.00. The highest BCUT2D eigenvalue weighted by Crippen LogP contribution is 2.30. The van der Waals surface area contributed by atoms with Crippen molar-refractivity contribution in [2.75, 3.05) is 0 Å². The first kappa shape index (κ1) is 9.79. The smallest absolute Gasteiger partial charge is 0.0573 e. The second-order valence-corrected chi connectivity index (χ2v) is 4.06. The molecule has 2 atom stereocenters. The van der Waals surface area contributed by atoms with Gasteiger partial charge in [-0.2, -0.15) is 0 Å². The summed E-state index contributed by atoms with van der Waals surface area (Å²) < 4.78 is 0. The molecule has 2 unspecified atom stereocenters. The summed E-state index contributed by atoms with van der Waals surface area (Å²) in [6, 6.07) is 0. The van der Waals surface area contributed by atoms with Gasteiger partial charge in [0.15, 0.2) is 0 Å². The molecule has 1 fully saturated rings. The number of hydrogen-bond donors (Lipinski definition) is 1. The quantitative estimate of drug-likeness (QED) is 0.640. The molecule has 1 aliphatic rings. The first-order valence-corrected chi connectivity index (χ1v) is 5.04. The molecule has 0 aromatic heterocycles. The van der Waals surface area contributed by atoms with E-state index in [0.29, 0.717) is 11.8 Å². The van der Waals surface area contributed by atoms with E-state index < -0.39 is 0 Å². The van der Waals surface area contributed by atoms with E-state index in [4.69, 9.17) is 0 Å². The molecule has 1 N–H and O–H groups in total. The number of hydrogen-bond acceptors (Lipinski definition) is 1. The molecule has 1 aliphatic carbocycles. The second kappa shape index (κ2) is 4.66. The zero-order chi connectivity index (χ0) is 8.97. The van der Waals surface area contributed by atoms with Gasteiger partial charge in [0.2, 0.25) is 0 Å². The summed E-state index contributed by atoms with van der Waals surface area (Å²) in [5.41, 5.74) is 0. The molecule has 0 bridgehead atoms. The van der Waals surface area contributed by atoms with Crippen LogP contribution in [0.25, 0.3) is 0 Å². The van der Waals surface area contributed by atoms with Crippen LogP contribution in [0.4, 0.5) is 0 Å². The minimum atomic E-state index is -0.0829. The Morgan fingerprint density at radius 2 is 2.08 bits per heavy atom. The van der Waals surface area contributed by atoms with E-state index in [1.165, 1.54) is 25.7 Å². The van der Waals surface area contributed by atoms with Crippen LogP contribution in [0.15, 0.2) is 12.7 Å². The minimum Gasteiger partial charge on any atom is -0.393 e. The van der Waals surface area contributed by atoms with Gasteiger partial charge in [-0.1, -0.05) is 25.8 Å². The minimum absolute atomic E-state index is 0.0829. The summed E-state index contributed by atoms with van der Waals surface area (Å²) in [5.74, 6) is 1.04. The summed E-state index contributed by atoms with van der Waals surface area (Å²) in [5, 5.41) is 9.80. The Labute approximate surface area is 75.5 Å². The molecule has 0 saturated heterocycles. The lowest BCUT2D eigenvalue weighted by Crippen LogP contribution is -2.19. The molecule has 1 nitrogen and oxygen atoms in total. The summed E-state index contributed by atoms with van der Waals surface area (Å²) in [7, 11) is 0. The van der Waals surface area contributed by atoms with Crippen LogP contribution in [0.5, 0.6) is 0 Å². The lowest BCUT2D eigenvalue weighted by atomic mass is 9.93. The molecule has 0 aromatic rings. The highest BCUT2D eigenvalue weighted by atomic mass is 16.3. The Morgan fingerprint density at radius 3 is 2.58 bits per heavy atom. The monoisotopic (exact) mass is 168 g/mol. The van der Waals surface area contributed by atoms with Gasteiger partial charge in [0.05, 0.1) is 6.10 Å². The average molecular weight is 168 g/mol. The van der Waals surface area contributed by atoms with Crippen LogP contribution in [0, 0.1) is 11.8 Å². The van der Waals surface area contributed by atoms with Gasteiger partial charge < -0.3 is 5.11 Å². The van der Waals surface area contributed by atoms with E-state index in [9.17, 15) is 5.11 Å². The first-order valence-electron chi connectivity index (χ1n) is 5.04. The standard InChI is InChI=1S/C11H20O/c1-3-9(2)8-11(12)10-6-4-5-7-10/h3,9-12H,1,4-8H2,2H3. The Bertz CT molecular complexity index is 136. The topological polar surface area (TPSA) is 20.2 Å². The molecule has 0 spiro atoms. The van der Waals surface area contributed by atoms with E-state index in [-0.39, 0.29) is 6.10 Å². The third-order valence-corrected chi connectivity index (χ3v) is 2.96. The summed E-state index contributed by atoms with van der Waals surface area (Å²) in [6.07, 6.45) is 7.82. The van der Waals surface area contributed by atoms with Crippen molar-refractivity contribution >= 4 is 0 Å². The fourth-order valence-electron chi connectivity index (χ4n) is 2.01. The number of rotatable bonds is 4. The Balaban J connectivity index is 2.26. The van der Waals surface area contributed by atoms with Crippen molar-refractivity contribution in [1.29, 1.82) is 0 Å². The molecule has 1 heteroatoms. The van der Waals surface area contributed by atoms with E-state index in [2.05, 4.69) is 13.5 Å². The molecule has 0 amide bonds. The zero-order valence-electron chi connectivity index (χ0n) is 8.00. The van der Waals surface area contributed by atoms with Gasteiger partial charge >= 0.3 is 0 Å². The second-order valence-electron chi connectivity index (χ2n) is 4.06. The molecule has 12 heavy (non-hydrogen) atoms. The van der Waals surface area contributed by atoms with Crippen molar-refractivity contribution in [1.82, 2.24) is 0 Å². The number of aliphatic hydroxyl groups is 1. The SMILES string of the molecule is C=CC(C)CC(O)C1CCCC1. The number of allylic oxidation sites excluding steroid dienone is 1. The largest absolute Gasteiger partial charge is 0.393 e. The fraction of sp³-hybridized carbons (Fsp3) is 0.818. The van der Waals surface area contributed by atoms with Crippen LogP contribution >= 0.6 is 0 Å². The van der Waals surface area contributed by atoms with Gasteiger partial charge in [-0.3, -0.25) is 0 Å². The van der Waals surface area contributed by atoms with Crippen LogP contribution in [0.3, 0.4) is 0 Å². The molecule has 1 saturated carbocycles. The van der Waals surface area contributed by atoms with Gasteiger partial charge in [-0.25, -0.2) is 0 Å². The maximum absolute atomic E-state index is 9.80. The summed E-state index contributed by atoms with van der Waals surface area (Å²) in [4.78, 5) is 0. The Kier molecular flexibility index (Phi) is 3.80. The third kappa shape index (κ3) is 2.63. The summed E-state index contributed by atoms with van der Waals surface area (Å²) in [6.45, 7) is 5.85. The van der Waals surface area contributed by atoms with E-state index in [0.717, 1.165) is 6.42 Å². The molecule has 0 aromatic carbocycles. The first-order chi connectivity index (χ1) is 5.74. The molecule has 0 radical (unpaired) electrons. The molecule has 0 aliphatic heterocycles. The molecular weight excluding hydrogens is 148 g/mol. The predicted octanol–water partition coefficient (Wildman–Crippen LogP) is 2.75. The van der Waals surface area contributed by atoms with E-state index in [1.54, 1.807) is 0 Å². The van der Waals surface area contributed by atoms with Gasteiger partial charge in [-0.05, 0) is 31.1 Å². The van der Waals surface area contributed by atoms with Crippen LogP contribution < -0.4 is 0 Å². The maximum Gasteiger partial charge on any atom is 0.0573 e. The van der Waals surface area contributed by atoms with Gasteiger partial charge in [-0.15, -0.1) is 6.58 Å². The highest BCUT2D eigenvalue weighted by Gasteiger charge is 2.23. The van der Waals surface area contributed by atoms with E-state index >= 15 is 0 Å². The average Bonchev–Trinajstić information content (AvgIpc) is 2.56. The summed E-state index contributed by atoms with van der Waals surface area (Å²) >= 11 is 0. The molecular formula is C11H20O. The predicted molar refractivity (Wildman–Crippen MR) is 51.9 cm³/mol. The van der Waals surface area contributed by atoms with Crippen LogP contribution in [-0.2, 0) is 0 Å². The van der Waals surface area contributed by atoms with Crippen molar-refractivity contribution in [3.05, 3.63) is 12.7 Å². The van der Waals surface area contributed by atoms with Gasteiger partial charge in [0.25, 0.3) is 0 Å². The van der Waals surface area contributed by atoms with Crippen LogP contribution in [-0.4, -0.2) is 11.2 Å². The third-order valence-electron chi connectivity index (χ3n) is 2.96. The fourth-order valence-corrected chi connectivity index (χ4v) is 2.01. The Morgan fingerprint density at radius 1 is 1.50 bits per heavy atom. The van der Waals surface area contributed by atoms with Crippen molar-refractivity contribution in [3.8, 4) is 0 Å². The van der Waals surface area contributed by atoms with Gasteiger partial charge in [0.1, 0.15) is 0 Å².